The topological polar surface area (TPSA) is 119 Å². The Morgan fingerprint density at radius 3 is 2.68 bits per heavy atom. The molecule has 1 aliphatic carbocycles. The molecular weight excluding hydrogens is 270 g/mol. The zero-order chi connectivity index (χ0) is 14.0. The van der Waals surface area contributed by atoms with Crippen molar-refractivity contribution < 1.29 is 13.2 Å². The molecule has 1 aliphatic rings. The first-order valence-corrected chi connectivity index (χ1v) is 7.55. The molecule has 0 saturated heterocycles. The van der Waals surface area contributed by atoms with Gasteiger partial charge in [0.1, 0.15) is 4.90 Å². The predicted molar refractivity (Wildman–Crippen MR) is 69.0 cm³/mol. The number of rotatable bonds is 3. The van der Waals surface area contributed by atoms with Gasteiger partial charge in [-0.1, -0.05) is 12.8 Å². The second-order valence-corrected chi connectivity index (χ2v) is 6.17. The summed E-state index contributed by atoms with van der Waals surface area (Å²) in [6, 6.07) is -0.322. The molecule has 0 spiro atoms. The van der Waals surface area contributed by atoms with Crippen molar-refractivity contribution in [3.63, 3.8) is 0 Å². The molecule has 106 valence electrons. The highest BCUT2D eigenvalue weighted by Crippen LogP contribution is 2.19. The van der Waals surface area contributed by atoms with E-state index in [1.165, 1.54) is 10.9 Å². The number of nitrogens with two attached hydrogens (primary N) is 1. The van der Waals surface area contributed by atoms with Crippen LogP contribution in [0.5, 0.6) is 0 Å². The van der Waals surface area contributed by atoms with E-state index in [2.05, 4.69) is 15.7 Å². The van der Waals surface area contributed by atoms with Gasteiger partial charge < -0.3 is 5.32 Å². The van der Waals surface area contributed by atoms with Gasteiger partial charge in [0, 0.05) is 19.3 Å². The molecule has 0 aromatic carbocycles. The van der Waals surface area contributed by atoms with E-state index in [0.29, 0.717) is 0 Å². The van der Waals surface area contributed by atoms with Crippen molar-refractivity contribution >= 4 is 21.9 Å². The maximum absolute atomic E-state index is 11.7. The highest BCUT2D eigenvalue weighted by atomic mass is 32.2. The number of aryl methyl sites for hydroxylation is 1. The molecule has 2 amide bonds. The Labute approximate surface area is 111 Å². The van der Waals surface area contributed by atoms with Crippen LogP contribution >= 0.6 is 0 Å². The van der Waals surface area contributed by atoms with Gasteiger partial charge >= 0.3 is 6.03 Å². The first kappa shape index (κ1) is 13.8. The molecule has 1 heterocycles. The van der Waals surface area contributed by atoms with Gasteiger partial charge in [0.25, 0.3) is 0 Å². The molecule has 2 rings (SSSR count). The number of urea groups is 1. The Balaban J connectivity index is 2.08. The van der Waals surface area contributed by atoms with Gasteiger partial charge in [-0.15, -0.1) is 0 Å². The van der Waals surface area contributed by atoms with Crippen molar-refractivity contribution in [2.24, 2.45) is 12.2 Å². The summed E-state index contributed by atoms with van der Waals surface area (Å²) >= 11 is 0. The SMILES string of the molecule is Cn1cc(S(N)(=O)=O)c(NC(=O)NC2CCCC2)n1. The number of sulfonamides is 1. The monoisotopic (exact) mass is 287 g/mol. The molecule has 0 bridgehead atoms. The lowest BCUT2D eigenvalue weighted by Gasteiger charge is -2.12. The van der Waals surface area contributed by atoms with Crippen LogP contribution in [0.4, 0.5) is 10.6 Å². The fourth-order valence-electron chi connectivity index (χ4n) is 2.16. The second kappa shape index (κ2) is 5.17. The van der Waals surface area contributed by atoms with Gasteiger partial charge in [-0.05, 0) is 12.8 Å². The van der Waals surface area contributed by atoms with Gasteiger partial charge in [-0.25, -0.2) is 18.4 Å². The van der Waals surface area contributed by atoms with E-state index in [0.717, 1.165) is 25.7 Å². The minimum Gasteiger partial charge on any atom is -0.335 e. The van der Waals surface area contributed by atoms with Gasteiger partial charge in [0.2, 0.25) is 10.0 Å². The van der Waals surface area contributed by atoms with Crippen LogP contribution in [-0.4, -0.2) is 30.3 Å². The summed E-state index contributed by atoms with van der Waals surface area (Å²) < 4.78 is 24.0. The number of carbonyl (C=O) groups is 1. The van der Waals surface area contributed by atoms with E-state index in [-0.39, 0.29) is 16.8 Å². The lowest BCUT2D eigenvalue weighted by atomic mass is 10.2. The van der Waals surface area contributed by atoms with Crippen LogP contribution < -0.4 is 15.8 Å². The maximum Gasteiger partial charge on any atom is 0.320 e. The predicted octanol–water partition coefficient (Wildman–Crippen LogP) is 0.132. The Morgan fingerprint density at radius 1 is 1.47 bits per heavy atom. The standard InChI is InChI=1S/C10H17N5O3S/c1-15-6-8(19(11,17)18)9(14-15)13-10(16)12-7-4-2-3-5-7/h6-7H,2-5H2,1H3,(H2,11,17,18)(H2,12,13,14,16). The van der Waals surface area contributed by atoms with E-state index in [9.17, 15) is 13.2 Å². The number of nitrogens with zero attached hydrogens (tertiary/aromatic N) is 2. The van der Waals surface area contributed by atoms with Crippen LogP contribution in [0.25, 0.3) is 0 Å². The third-order valence-electron chi connectivity index (χ3n) is 3.02. The van der Waals surface area contributed by atoms with Crippen molar-refractivity contribution in [3.05, 3.63) is 6.20 Å². The van der Waals surface area contributed by atoms with E-state index in [4.69, 9.17) is 5.14 Å². The molecule has 1 saturated carbocycles. The van der Waals surface area contributed by atoms with Crippen molar-refractivity contribution in [2.75, 3.05) is 5.32 Å². The molecule has 1 aromatic rings. The third-order valence-corrected chi connectivity index (χ3v) is 3.94. The Kier molecular flexibility index (Phi) is 3.76. The zero-order valence-corrected chi connectivity index (χ0v) is 11.4. The minimum absolute atomic E-state index is 0.0551. The Morgan fingerprint density at radius 2 is 2.11 bits per heavy atom. The Bertz CT molecular complexity index is 574. The number of aromatic nitrogens is 2. The number of primary sulfonamides is 1. The van der Waals surface area contributed by atoms with Crippen LogP contribution in [-0.2, 0) is 17.1 Å². The third kappa shape index (κ3) is 3.44. The molecule has 19 heavy (non-hydrogen) atoms. The number of hydrogen-bond acceptors (Lipinski definition) is 4. The number of hydrogen-bond donors (Lipinski definition) is 3. The average Bonchev–Trinajstić information content (AvgIpc) is 2.87. The molecule has 0 atom stereocenters. The molecular formula is C10H17N5O3S. The van der Waals surface area contributed by atoms with Crippen molar-refractivity contribution in [1.29, 1.82) is 0 Å². The summed E-state index contributed by atoms with van der Waals surface area (Å²) in [5.41, 5.74) is 0. The largest absolute Gasteiger partial charge is 0.335 e. The molecule has 4 N–H and O–H groups in total. The van der Waals surface area contributed by atoms with Crippen LogP contribution in [0.15, 0.2) is 11.1 Å². The van der Waals surface area contributed by atoms with E-state index in [1.54, 1.807) is 7.05 Å². The summed E-state index contributed by atoms with van der Waals surface area (Å²) in [6.45, 7) is 0. The average molecular weight is 287 g/mol. The van der Waals surface area contributed by atoms with Crippen LogP contribution in [0.2, 0.25) is 0 Å². The zero-order valence-electron chi connectivity index (χ0n) is 10.6. The highest BCUT2D eigenvalue weighted by Gasteiger charge is 2.22. The minimum atomic E-state index is -3.91. The molecule has 1 fully saturated rings. The highest BCUT2D eigenvalue weighted by molar-refractivity contribution is 7.89. The van der Waals surface area contributed by atoms with Crippen molar-refractivity contribution in [2.45, 2.75) is 36.6 Å². The number of anilines is 1. The second-order valence-electron chi connectivity index (χ2n) is 4.64. The summed E-state index contributed by atoms with van der Waals surface area (Å²) in [5.74, 6) is -0.0551. The Hall–Kier alpha value is -1.61. The van der Waals surface area contributed by atoms with E-state index < -0.39 is 16.1 Å². The fraction of sp³-hybridized carbons (Fsp3) is 0.600. The lowest BCUT2D eigenvalue weighted by Crippen LogP contribution is -2.36. The molecule has 9 heteroatoms. The normalized spacial score (nSPS) is 16.5. The number of amides is 2. The first-order chi connectivity index (χ1) is 8.86. The lowest BCUT2D eigenvalue weighted by molar-refractivity contribution is 0.248. The van der Waals surface area contributed by atoms with Gasteiger partial charge in [-0.2, -0.15) is 5.10 Å². The van der Waals surface area contributed by atoms with Crippen molar-refractivity contribution in [1.82, 2.24) is 15.1 Å². The summed E-state index contributed by atoms with van der Waals surface area (Å²) in [4.78, 5) is 11.6. The molecule has 8 nitrogen and oxygen atoms in total. The molecule has 0 radical (unpaired) electrons. The molecule has 1 aromatic heterocycles. The first-order valence-electron chi connectivity index (χ1n) is 6.00. The summed E-state index contributed by atoms with van der Waals surface area (Å²) in [6.07, 6.45) is 5.32. The summed E-state index contributed by atoms with van der Waals surface area (Å²) in [5, 5.41) is 14.1. The van der Waals surface area contributed by atoms with Gasteiger partial charge in [0.15, 0.2) is 5.82 Å². The number of nitrogens with one attached hydrogen (secondary N) is 2. The quantitative estimate of drug-likeness (QED) is 0.732. The fourth-order valence-corrected chi connectivity index (χ4v) is 2.82. The van der Waals surface area contributed by atoms with E-state index >= 15 is 0 Å². The van der Waals surface area contributed by atoms with Crippen molar-refractivity contribution in [3.8, 4) is 0 Å². The molecule has 0 unspecified atom stereocenters. The van der Waals surface area contributed by atoms with Crippen LogP contribution in [0.1, 0.15) is 25.7 Å². The van der Waals surface area contributed by atoms with Crippen LogP contribution in [0.3, 0.4) is 0 Å². The smallest absolute Gasteiger partial charge is 0.320 e. The van der Waals surface area contributed by atoms with Gasteiger partial charge in [-0.3, -0.25) is 10.00 Å². The maximum atomic E-state index is 11.7. The number of carbonyl (C=O) groups excluding carboxylic acids is 1. The molecule has 0 aliphatic heterocycles. The van der Waals surface area contributed by atoms with Gasteiger partial charge in [0.05, 0.1) is 0 Å². The van der Waals surface area contributed by atoms with Crippen LogP contribution in [0, 0.1) is 0 Å². The van der Waals surface area contributed by atoms with E-state index in [1.807, 2.05) is 0 Å². The summed E-state index contributed by atoms with van der Waals surface area (Å²) in [7, 11) is -2.36.